The summed E-state index contributed by atoms with van der Waals surface area (Å²) < 4.78 is 32.3. The fourth-order valence-corrected chi connectivity index (χ4v) is 4.48. The SMILES string of the molecule is CCCCNC(=O)C1CCCN(C(=O)c2cc(S(=O)(=O)NCCOC)ccc2C)C1. The Morgan fingerprint density at radius 1 is 1.27 bits per heavy atom. The Balaban J connectivity index is 2.12. The van der Waals surface area contributed by atoms with Crippen molar-refractivity contribution in [2.45, 2.75) is 44.4 Å². The molecule has 1 aliphatic rings. The van der Waals surface area contributed by atoms with E-state index in [4.69, 9.17) is 4.74 Å². The Morgan fingerprint density at radius 3 is 2.73 bits per heavy atom. The zero-order chi connectivity index (χ0) is 22.1. The molecule has 0 bridgehead atoms. The van der Waals surface area contributed by atoms with Crippen molar-refractivity contribution in [1.29, 1.82) is 0 Å². The summed E-state index contributed by atoms with van der Waals surface area (Å²) >= 11 is 0. The lowest BCUT2D eigenvalue weighted by Crippen LogP contribution is -2.45. The first kappa shape index (κ1) is 24.3. The number of amides is 2. The highest BCUT2D eigenvalue weighted by atomic mass is 32.2. The highest BCUT2D eigenvalue weighted by Crippen LogP contribution is 2.22. The monoisotopic (exact) mass is 439 g/mol. The fraction of sp³-hybridized carbons (Fsp3) is 0.619. The van der Waals surface area contributed by atoms with Crippen LogP contribution in [0.4, 0.5) is 0 Å². The molecule has 0 saturated carbocycles. The molecule has 0 radical (unpaired) electrons. The molecule has 30 heavy (non-hydrogen) atoms. The third kappa shape index (κ3) is 6.52. The standard InChI is InChI=1S/C21H33N3O5S/c1-4-5-10-22-20(25)17-7-6-12-24(15-17)21(26)19-14-18(9-8-16(19)2)30(27,28)23-11-13-29-3/h8-9,14,17,23H,4-7,10-13,15H2,1-3H3,(H,22,25). The van der Waals surface area contributed by atoms with Crippen LogP contribution in [0.25, 0.3) is 0 Å². The Bertz CT molecular complexity index is 841. The van der Waals surface area contributed by atoms with Gasteiger partial charge < -0.3 is 15.0 Å². The molecule has 8 nitrogen and oxygen atoms in total. The number of sulfonamides is 1. The molecule has 1 heterocycles. The van der Waals surface area contributed by atoms with E-state index in [9.17, 15) is 18.0 Å². The smallest absolute Gasteiger partial charge is 0.254 e. The average Bonchev–Trinajstić information content (AvgIpc) is 2.73. The zero-order valence-electron chi connectivity index (χ0n) is 18.1. The zero-order valence-corrected chi connectivity index (χ0v) is 18.9. The van der Waals surface area contributed by atoms with Gasteiger partial charge in [0.15, 0.2) is 0 Å². The predicted molar refractivity (Wildman–Crippen MR) is 115 cm³/mol. The van der Waals surface area contributed by atoms with Crippen LogP contribution in [0.3, 0.4) is 0 Å². The van der Waals surface area contributed by atoms with Gasteiger partial charge in [0.25, 0.3) is 5.91 Å². The van der Waals surface area contributed by atoms with E-state index in [-0.39, 0.29) is 35.8 Å². The molecule has 2 N–H and O–H groups in total. The van der Waals surface area contributed by atoms with Crippen molar-refractivity contribution in [2.24, 2.45) is 5.92 Å². The van der Waals surface area contributed by atoms with E-state index in [1.165, 1.54) is 19.2 Å². The number of hydrogen-bond donors (Lipinski definition) is 2. The van der Waals surface area contributed by atoms with Gasteiger partial charge in [-0.15, -0.1) is 0 Å². The van der Waals surface area contributed by atoms with Crippen LogP contribution in [0.5, 0.6) is 0 Å². The number of piperidine rings is 1. The Kier molecular flexibility index (Phi) is 9.26. The third-order valence-corrected chi connectivity index (χ3v) is 6.72. The fourth-order valence-electron chi connectivity index (χ4n) is 3.44. The van der Waals surface area contributed by atoms with E-state index in [2.05, 4.69) is 17.0 Å². The van der Waals surface area contributed by atoms with Crippen molar-refractivity contribution in [1.82, 2.24) is 14.9 Å². The molecule has 9 heteroatoms. The molecule has 1 aromatic carbocycles. The minimum Gasteiger partial charge on any atom is -0.383 e. The number of ether oxygens (including phenoxy) is 1. The van der Waals surface area contributed by atoms with Gasteiger partial charge in [-0.05, 0) is 43.9 Å². The number of methoxy groups -OCH3 is 1. The van der Waals surface area contributed by atoms with Crippen LogP contribution in [0, 0.1) is 12.8 Å². The van der Waals surface area contributed by atoms with Crippen molar-refractivity contribution >= 4 is 21.8 Å². The van der Waals surface area contributed by atoms with E-state index in [0.717, 1.165) is 25.7 Å². The molecular formula is C21H33N3O5S. The van der Waals surface area contributed by atoms with Crippen molar-refractivity contribution < 1.29 is 22.7 Å². The highest BCUT2D eigenvalue weighted by molar-refractivity contribution is 7.89. The molecular weight excluding hydrogens is 406 g/mol. The van der Waals surface area contributed by atoms with Crippen molar-refractivity contribution in [3.8, 4) is 0 Å². The topological polar surface area (TPSA) is 105 Å². The van der Waals surface area contributed by atoms with Gasteiger partial charge in [-0.1, -0.05) is 19.4 Å². The second-order valence-corrected chi connectivity index (χ2v) is 9.37. The first-order valence-corrected chi connectivity index (χ1v) is 11.9. The number of nitrogens with one attached hydrogen (secondary N) is 2. The molecule has 1 fully saturated rings. The van der Waals surface area contributed by atoms with Crippen LogP contribution in [0.2, 0.25) is 0 Å². The summed E-state index contributed by atoms with van der Waals surface area (Å²) in [6.45, 7) is 5.80. The van der Waals surface area contributed by atoms with Crippen LogP contribution in [-0.2, 0) is 19.6 Å². The molecule has 168 valence electrons. The Morgan fingerprint density at radius 2 is 2.03 bits per heavy atom. The van der Waals surface area contributed by atoms with E-state index >= 15 is 0 Å². The van der Waals surface area contributed by atoms with Gasteiger partial charge >= 0.3 is 0 Å². The quantitative estimate of drug-likeness (QED) is 0.540. The van der Waals surface area contributed by atoms with Crippen LogP contribution in [-0.4, -0.2) is 65.0 Å². The second-order valence-electron chi connectivity index (χ2n) is 7.60. The molecule has 1 aliphatic heterocycles. The maximum absolute atomic E-state index is 13.1. The normalized spacial score (nSPS) is 17.0. The van der Waals surface area contributed by atoms with E-state index in [1.54, 1.807) is 17.9 Å². The first-order chi connectivity index (χ1) is 14.3. The first-order valence-electron chi connectivity index (χ1n) is 10.5. The number of likely N-dealkylation sites (tertiary alicyclic amines) is 1. The minimum atomic E-state index is -3.74. The molecule has 2 rings (SSSR count). The lowest BCUT2D eigenvalue weighted by Gasteiger charge is -2.32. The van der Waals surface area contributed by atoms with Crippen LogP contribution < -0.4 is 10.0 Å². The molecule has 1 aromatic rings. The number of nitrogens with zero attached hydrogens (tertiary/aromatic N) is 1. The molecule has 1 atom stereocenters. The number of rotatable bonds is 10. The Hall–Kier alpha value is -1.97. The maximum Gasteiger partial charge on any atom is 0.254 e. The van der Waals surface area contributed by atoms with Crippen molar-refractivity contribution in [3.63, 3.8) is 0 Å². The summed E-state index contributed by atoms with van der Waals surface area (Å²) in [5, 5.41) is 2.94. The second kappa shape index (κ2) is 11.4. The number of carbonyl (C=O) groups is 2. The highest BCUT2D eigenvalue weighted by Gasteiger charge is 2.30. The van der Waals surface area contributed by atoms with Crippen molar-refractivity contribution in [3.05, 3.63) is 29.3 Å². The number of aryl methyl sites for hydroxylation is 1. The van der Waals surface area contributed by atoms with Gasteiger partial charge in [0.1, 0.15) is 0 Å². The summed E-state index contributed by atoms with van der Waals surface area (Å²) in [5.41, 5.74) is 1.04. The molecule has 2 amide bonds. The number of unbranched alkanes of at least 4 members (excludes halogenated alkanes) is 1. The van der Waals surface area contributed by atoms with Crippen LogP contribution in [0.1, 0.15) is 48.5 Å². The largest absolute Gasteiger partial charge is 0.383 e. The third-order valence-electron chi connectivity index (χ3n) is 5.26. The van der Waals surface area contributed by atoms with Crippen LogP contribution in [0.15, 0.2) is 23.1 Å². The maximum atomic E-state index is 13.1. The van der Waals surface area contributed by atoms with E-state index in [0.29, 0.717) is 30.8 Å². The van der Waals surface area contributed by atoms with Gasteiger partial charge in [0, 0.05) is 38.9 Å². The van der Waals surface area contributed by atoms with Crippen molar-refractivity contribution in [2.75, 3.05) is 39.9 Å². The summed E-state index contributed by atoms with van der Waals surface area (Å²) in [5.74, 6) is -0.494. The minimum absolute atomic E-state index is 0.0173. The van der Waals surface area contributed by atoms with Gasteiger partial charge in [-0.2, -0.15) is 0 Å². The molecule has 0 aliphatic carbocycles. The average molecular weight is 440 g/mol. The number of carbonyl (C=O) groups excluding carboxylic acids is 2. The molecule has 1 unspecified atom stereocenters. The number of benzene rings is 1. The Labute approximate surface area is 179 Å². The summed E-state index contributed by atoms with van der Waals surface area (Å²) in [7, 11) is -2.24. The number of hydrogen-bond acceptors (Lipinski definition) is 5. The molecule has 1 saturated heterocycles. The molecule has 0 aromatic heterocycles. The summed E-state index contributed by atoms with van der Waals surface area (Å²) in [4.78, 5) is 27.3. The van der Waals surface area contributed by atoms with Crippen LogP contribution >= 0.6 is 0 Å². The van der Waals surface area contributed by atoms with Gasteiger partial charge in [-0.3, -0.25) is 9.59 Å². The summed E-state index contributed by atoms with van der Waals surface area (Å²) in [6, 6.07) is 4.54. The lowest BCUT2D eigenvalue weighted by atomic mass is 9.96. The van der Waals surface area contributed by atoms with Gasteiger partial charge in [-0.25, -0.2) is 13.1 Å². The molecule has 0 spiro atoms. The van der Waals surface area contributed by atoms with Gasteiger partial charge in [0.2, 0.25) is 15.9 Å². The summed E-state index contributed by atoms with van der Waals surface area (Å²) in [6.07, 6.45) is 3.43. The lowest BCUT2D eigenvalue weighted by molar-refractivity contribution is -0.126. The van der Waals surface area contributed by atoms with E-state index < -0.39 is 10.0 Å². The van der Waals surface area contributed by atoms with E-state index in [1.807, 2.05) is 0 Å². The van der Waals surface area contributed by atoms with Gasteiger partial charge in [0.05, 0.1) is 17.4 Å². The predicted octanol–water partition coefficient (Wildman–Crippen LogP) is 1.69.